The summed E-state index contributed by atoms with van der Waals surface area (Å²) >= 11 is 0. The number of carbonyl (C=O) groups is 1. The summed E-state index contributed by atoms with van der Waals surface area (Å²) in [5.41, 5.74) is 14.2. The second-order valence-corrected chi connectivity index (χ2v) is 9.35. The van der Waals surface area contributed by atoms with Crippen molar-refractivity contribution in [1.82, 2.24) is 10.3 Å². The molecule has 2 unspecified atom stereocenters. The normalized spacial score (nSPS) is 17.1. The molecule has 0 radical (unpaired) electrons. The first-order chi connectivity index (χ1) is 17.3. The molecule has 0 fully saturated rings. The number of pyridine rings is 1. The molecule has 2 atom stereocenters. The van der Waals surface area contributed by atoms with Crippen LogP contribution >= 0.6 is 0 Å². The number of anilines is 1. The SMILES string of the molecule is Cc1cc(N)nc(C)c1CNC(=O)c1ccc2c(c1)C1OC2c2ccc(-c3cc(F)cc(F)c3)cc21. The molecule has 2 aliphatic rings. The molecule has 3 heterocycles. The molecule has 4 aromatic rings. The molecule has 36 heavy (non-hydrogen) atoms. The molecule has 7 heteroatoms. The number of aryl methyl sites for hydroxylation is 2. The third-order valence-corrected chi connectivity index (χ3v) is 7.03. The number of nitrogens with zero attached hydrogens (tertiary/aromatic N) is 1. The van der Waals surface area contributed by atoms with Crippen LogP contribution in [0.3, 0.4) is 0 Å². The van der Waals surface area contributed by atoms with Crippen LogP contribution in [0, 0.1) is 25.5 Å². The van der Waals surface area contributed by atoms with E-state index in [4.69, 9.17) is 10.5 Å². The Bertz CT molecular complexity index is 1520. The van der Waals surface area contributed by atoms with Gasteiger partial charge in [-0.3, -0.25) is 4.79 Å². The molecular formula is C29H23F2N3O2. The Morgan fingerprint density at radius 3 is 2.28 bits per heavy atom. The number of amides is 1. The fourth-order valence-corrected chi connectivity index (χ4v) is 5.31. The van der Waals surface area contributed by atoms with Crippen LogP contribution in [0.1, 0.15) is 61.6 Å². The first-order valence-electron chi connectivity index (χ1n) is 11.7. The Labute approximate surface area is 206 Å². The van der Waals surface area contributed by atoms with E-state index in [1.807, 2.05) is 50.2 Å². The molecule has 2 aliphatic heterocycles. The molecule has 0 saturated heterocycles. The molecule has 5 nitrogen and oxygen atoms in total. The predicted octanol–water partition coefficient (Wildman–Crippen LogP) is 5.68. The van der Waals surface area contributed by atoms with Gasteiger partial charge in [-0.15, -0.1) is 0 Å². The Kier molecular flexibility index (Phi) is 5.12. The van der Waals surface area contributed by atoms with Gasteiger partial charge in [0.05, 0.1) is 0 Å². The van der Waals surface area contributed by atoms with E-state index in [-0.39, 0.29) is 18.1 Å². The molecule has 3 aromatic carbocycles. The lowest BCUT2D eigenvalue weighted by Gasteiger charge is -2.18. The van der Waals surface area contributed by atoms with Crippen LogP contribution in [0.25, 0.3) is 11.1 Å². The van der Waals surface area contributed by atoms with Gasteiger partial charge in [-0.05, 0) is 94.8 Å². The number of halogens is 2. The molecule has 180 valence electrons. The third kappa shape index (κ3) is 3.63. The van der Waals surface area contributed by atoms with Gasteiger partial charge in [0.25, 0.3) is 5.91 Å². The lowest BCUT2D eigenvalue weighted by atomic mass is 9.84. The zero-order chi connectivity index (χ0) is 25.1. The van der Waals surface area contributed by atoms with Gasteiger partial charge in [0.2, 0.25) is 0 Å². The standard InChI is InChI=1S/C29H23F2N3O2/c1-14-7-26(32)34-15(2)25(14)13-33-29(35)17-4-6-22-24(11-17)28-23-10-16(3-5-21(23)27(22)36-28)18-8-19(30)12-20(31)9-18/h3-12,27-28H,13H2,1-2H3,(H2,32,34)(H,33,35). The van der Waals surface area contributed by atoms with Crippen LogP contribution in [-0.2, 0) is 11.3 Å². The number of benzene rings is 3. The van der Waals surface area contributed by atoms with Crippen LogP contribution < -0.4 is 11.1 Å². The van der Waals surface area contributed by atoms with Gasteiger partial charge in [0, 0.05) is 23.9 Å². The minimum atomic E-state index is -0.621. The highest BCUT2D eigenvalue weighted by molar-refractivity contribution is 5.94. The summed E-state index contributed by atoms with van der Waals surface area (Å²) in [4.78, 5) is 17.3. The van der Waals surface area contributed by atoms with Crippen molar-refractivity contribution in [2.45, 2.75) is 32.6 Å². The number of hydrogen-bond donors (Lipinski definition) is 2. The first kappa shape index (κ1) is 22.4. The molecule has 1 amide bonds. The number of hydrogen-bond acceptors (Lipinski definition) is 4. The molecular weight excluding hydrogens is 460 g/mol. The average Bonchev–Trinajstić information content (AvgIpc) is 3.39. The summed E-state index contributed by atoms with van der Waals surface area (Å²) in [5, 5.41) is 2.98. The van der Waals surface area contributed by atoms with Crippen LogP contribution in [0.2, 0.25) is 0 Å². The van der Waals surface area contributed by atoms with Crippen molar-refractivity contribution in [2.75, 3.05) is 5.73 Å². The topological polar surface area (TPSA) is 77.2 Å². The number of nitrogens with one attached hydrogen (secondary N) is 1. The molecule has 0 spiro atoms. The number of rotatable bonds is 4. The van der Waals surface area contributed by atoms with Gasteiger partial charge >= 0.3 is 0 Å². The van der Waals surface area contributed by atoms with Crippen molar-refractivity contribution in [1.29, 1.82) is 0 Å². The largest absolute Gasteiger partial charge is 0.384 e. The van der Waals surface area contributed by atoms with E-state index in [1.54, 1.807) is 6.07 Å². The second-order valence-electron chi connectivity index (χ2n) is 9.35. The van der Waals surface area contributed by atoms with E-state index < -0.39 is 11.6 Å². The lowest BCUT2D eigenvalue weighted by Crippen LogP contribution is -2.24. The van der Waals surface area contributed by atoms with Crippen molar-refractivity contribution in [3.05, 3.63) is 117 Å². The maximum absolute atomic E-state index is 13.8. The third-order valence-electron chi connectivity index (χ3n) is 7.03. The summed E-state index contributed by atoms with van der Waals surface area (Å²) in [6, 6.07) is 16.6. The van der Waals surface area contributed by atoms with Gasteiger partial charge in [0.1, 0.15) is 29.7 Å². The van der Waals surface area contributed by atoms with E-state index in [0.717, 1.165) is 45.1 Å². The quantitative estimate of drug-likeness (QED) is 0.392. The van der Waals surface area contributed by atoms with Crippen LogP contribution in [0.15, 0.2) is 60.7 Å². The fourth-order valence-electron chi connectivity index (χ4n) is 5.31. The smallest absolute Gasteiger partial charge is 0.251 e. The highest BCUT2D eigenvalue weighted by Gasteiger charge is 2.43. The van der Waals surface area contributed by atoms with Gasteiger partial charge in [-0.1, -0.05) is 18.2 Å². The van der Waals surface area contributed by atoms with Gasteiger partial charge in [0.15, 0.2) is 0 Å². The fraction of sp³-hybridized carbons (Fsp3) is 0.172. The predicted molar refractivity (Wildman–Crippen MR) is 132 cm³/mol. The minimum absolute atomic E-state index is 0.194. The molecule has 0 aliphatic carbocycles. The van der Waals surface area contributed by atoms with Gasteiger partial charge < -0.3 is 15.8 Å². The van der Waals surface area contributed by atoms with Crippen molar-refractivity contribution in [3.8, 4) is 11.1 Å². The van der Waals surface area contributed by atoms with E-state index in [9.17, 15) is 13.6 Å². The van der Waals surface area contributed by atoms with E-state index in [1.165, 1.54) is 12.1 Å². The number of fused-ring (bicyclic) bond motifs is 8. The maximum atomic E-state index is 13.8. The number of aromatic nitrogens is 1. The first-order valence-corrected chi connectivity index (χ1v) is 11.7. The Morgan fingerprint density at radius 2 is 1.56 bits per heavy atom. The minimum Gasteiger partial charge on any atom is -0.384 e. The number of nitrogen functional groups attached to an aromatic ring is 1. The monoisotopic (exact) mass is 483 g/mol. The van der Waals surface area contributed by atoms with E-state index >= 15 is 0 Å². The van der Waals surface area contributed by atoms with E-state index in [0.29, 0.717) is 29.1 Å². The molecule has 1 aromatic heterocycles. The highest BCUT2D eigenvalue weighted by Crippen LogP contribution is 2.54. The molecule has 2 bridgehead atoms. The molecule has 3 N–H and O–H groups in total. The molecule has 0 saturated carbocycles. The maximum Gasteiger partial charge on any atom is 0.251 e. The van der Waals surface area contributed by atoms with Crippen molar-refractivity contribution in [3.63, 3.8) is 0 Å². The Hall–Kier alpha value is -4.10. The second kappa shape index (κ2) is 8.24. The van der Waals surface area contributed by atoms with E-state index in [2.05, 4.69) is 10.3 Å². The van der Waals surface area contributed by atoms with Crippen molar-refractivity contribution in [2.24, 2.45) is 0 Å². The summed E-state index contributed by atoms with van der Waals surface area (Å²) in [6.45, 7) is 4.16. The summed E-state index contributed by atoms with van der Waals surface area (Å²) < 4.78 is 33.8. The highest BCUT2D eigenvalue weighted by atomic mass is 19.1. The number of carbonyl (C=O) groups excluding carboxylic acids is 1. The average molecular weight is 484 g/mol. The summed E-state index contributed by atoms with van der Waals surface area (Å²) in [6.07, 6.45) is -0.557. The zero-order valence-corrected chi connectivity index (χ0v) is 19.7. The van der Waals surface area contributed by atoms with Gasteiger partial charge in [-0.2, -0.15) is 0 Å². The summed E-state index contributed by atoms with van der Waals surface area (Å²) in [5.74, 6) is -0.978. The lowest BCUT2D eigenvalue weighted by molar-refractivity contribution is 0.0857. The van der Waals surface area contributed by atoms with Crippen molar-refractivity contribution < 1.29 is 18.3 Å². The van der Waals surface area contributed by atoms with Crippen LogP contribution in [-0.4, -0.2) is 10.9 Å². The van der Waals surface area contributed by atoms with Crippen LogP contribution in [0.4, 0.5) is 14.6 Å². The van der Waals surface area contributed by atoms with Crippen LogP contribution in [0.5, 0.6) is 0 Å². The zero-order valence-electron chi connectivity index (χ0n) is 19.7. The Balaban J connectivity index is 1.27. The molecule has 6 rings (SSSR count). The summed E-state index contributed by atoms with van der Waals surface area (Å²) in [7, 11) is 0. The Morgan fingerprint density at radius 1 is 0.889 bits per heavy atom. The number of nitrogens with two attached hydrogens (primary N) is 1. The number of ether oxygens (including phenoxy) is 1. The van der Waals surface area contributed by atoms with Gasteiger partial charge in [-0.25, -0.2) is 13.8 Å². The van der Waals surface area contributed by atoms with Crippen molar-refractivity contribution >= 4 is 11.7 Å².